The summed E-state index contributed by atoms with van der Waals surface area (Å²) < 4.78 is 0. The zero-order chi connectivity index (χ0) is 26.8. The van der Waals surface area contributed by atoms with E-state index in [9.17, 15) is 4.79 Å². The van der Waals surface area contributed by atoms with Gasteiger partial charge in [-0.2, -0.15) is 0 Å². The molecule has 10 heteroatoms. The second-order valence-corrected chi connectivity index (χ2v) is 10.4. The number of nitrogens with zero attached hydrogens (tertiary/aromatic N) is 5. The molecule has 0 unspecified atom stereocenters. The number of rotatable bonds is 6. The van der Waals surface area contributed by atoms with Gasteiger partial charge in [0.05, 0.1) is 5.69 Å². The van der Waals surface area contributed by atoms with Gasteiger partial charge in [-0.1, -0.05) is 35.6 Å². The zero-order valence-electron chi connectivity index (χ0n) is 21.7. The number of benzene rings is 2. The van der Waals surface area contributed by atoms with E-state index in [0.717, 1.165) is 64.9 Å². The zero-order valence-corrected chi connectivity index (χ0v) is 22.5. The molecule has 3 N–H and O–H groups in total. The predicted octanol–water partition coefficient (Wildman–Crippen LogP) is 5.17. The number of fused-ring (bicyclic) bond motifs is 1. The topological polar surface area (TPSA) is 108 Å². The third-order valence-corrected chi connectivity index (χ3v) is 7.33. The maximum absolute atomic E-state index is 12.9. The molecule has 0 radical (unpaired) electrons. The van der Waals surface area contributed by atoms with Gasteiger partial charge in [-0.15, -0.1) is 0 Å². The van der Waals surface area contributed by atoms with Crippen molar-refractivity contribution >= 4 is 50.0 Å². The van der Waals surface area contributed by atoms with Crippen molar-refractivity contribution in [3.05, 3.63) is 83.7 Å². The molecule has 1 saturated heterocycles. The molecule has 0 saturated carbocycles. The number of anilines is 4. The van der Waals surface area contributed by atoms with Crippen LogP contribution in [-0.2, 0) is 0 Å². The molecule has 3 aromatic heterocycles. The number of carbonyl (C=O) groups excluding carboxylic acids is 1. The first-order valence-electron chi connectivity index (χ1n) is 12.8. The van der Waals surface area contributed by atoms with Gasteiger partial charge in [-0.3, -0.25) is 4.79 Å². The fourth-order valence-electron chi connectivity index (χ4n) is 4.56. The fraction of sp³-hybridized carbons (Fsp3) is 0.207. The van der Waals surface area contributed by atoms with Crippen LogP contribution in [0.25, 0.3) is 21.6 Å². The van der Waals surface area contributed by atoms with Crippen molar-refractivity contribution in [1.29, 1.82) is 0 Å². The lowest BCUT2D eigenvalue weighted by atomic mass is 10.1. The van der Waals surface area contributed by atoms with Crippen molar-refractivity contribution in [2.75, 3.05) is 41.7 Å². The predicted molar refractivity (Wildman–Crippen MR) is 157 cm³/mol. The van der Waals surface area contributed by atoms with Crippen molar-refractivity contribution in [2.24, 2.45) is 0 Å². The molecule has 0 spiro atoms. The van der Waals surface area contributed by atoms with E-state index in [-0.39, 0.29) is 5.91 Å². The molecule has 6 rings (SSSR count). The van der Waals surface area contributed by atoms with Crippen LogP contribution >= 0.6 is 11.3 Å². The first-order chi connectivity index (χ1) is 19.0. The standard InChI is InChI=1S/C29H28N8OS/c1-18-5-3-8-22(15-18)33-27(38)21-7-4-6-20(16-21)23-9-10-24-28(34-23)39-29(35-24)36-25-17-26(32-19(2)31-25)37-13-11-30-12-14-37/h3-10,15-17,30H,11-14H2,1-2H3,(H,33,38)(H,31,32,35,36). The summed E-state index contributed by atoms with van der Waals surface area (Å²) in [7, 11) is 0. The van der Waals surface area contributed by atoms with Gasteiger partial charge in [0.2, 0.25) is 0 Å². The summed E-state index contributed by atoms with van der Waals surface area (Å²) in [6.07, 6.45) is 0. The highest BCUT2D eigenvalue weighted by Gasteiger charge is 2.15. The van der Waals surface area contributed by atoms with Crippen molar-refractivity contribution < 1.29 is 4.79 Å². The Morgan fingerprint density at radius 1 is 0.923 bits per heavy atom. The Balaban J connectivity index is 1.22. The van der Waals surface area contributed by atoms with Gasteiger partial charge in [-0.05, 0) is 55.8 Å². The fourth-order valence-corrected chi connectivity index (χ4v) is 5.40. The Morgan fingerprint density at radius 3 is 2.62 bits per heavy atom. The minimum absolute atomic E-state index is 0.159. The van der Waals surface area contributed by atoms with E-state index >= 15 is 0 Å². The van der Waals surface area contributed by atoms with Crippen LogP contribution in [0.2, 0.25) is 0 Å². The average Bonchev–Trinajstić information content (AvgIpc) is 3.35. The van der Waals surface area contributed by atoms with E-state index in [1.165, 1.54) is 11.3 Å². The Bertz CT molecular complexity index is 1660. The summed E-state index contributed by atoms with van der Waals surface area (Å²) >= 11 is 1.47. The van der Waals surface area contributed by atoms with Crippen LogP contribution < -0.4 is 20.9 Å². The lowest BCUT2D eigenvalue weighted by molar-refractivity contribution is 0.102. The molecule has 0 bridgehead atoms. The second kappa shape index (κ2) is 10.8. The molecule has 9 nitrogen and oxygen atoms in total. The lowest BCUT2D eigenvalue weighted by Crippen LogP contribution is -2.44. The van der Waals surface area contributed by atoms with Crippen molar-refractivity contribution in [3.8, 4) is 11.3 Å². The van der Waals surface area contributed by atoms with Crippen LogP contribution in [0.3, 0.4) is 0 Å². The van der Waals surface area contributed by atoms with Gasteiger partial charge in [0, 0.05) is 49.1 Å². The van der Waals surface area contributed by atoms with E-state index in [2.05, 4.69) is 30.8 Å². The van der Waals surface area contributed by atoms with Crippen LogP contribution in [0.4, 0.5) is 22.5 Å². The van der Waals surface area contributed by atoms with Crippen molar-refractivity contribution in [2.45, 2.75) is 13.8 Å². The molecule has 0 aliphatic carbocycles. The molecular weight excluding hydrogens is 508 g/mol. The summed E-state index contributed by atoms with van der Waals surface area (Å²) in [4.78, 5) is 34.7. The summed E-state index contributed by atoms with van der Waals surface area (Å²) in [6, 6.07) is 21.1. The molecule has 1 aliphatic heterocycles. The van der Waals surface area contributed by atoms with E-state index in [1.54, 1.807) is 6.07 Å². The SMILES string of the molecule is Cc1cccc(NC(=O)c2cccc(-c3ccc4nc(Nc5cc(N6CCNCC6)nc(C)n5)sc4n3)c2)c1. The Labute approximate surface area is 230 Å². The molecule has 1 fully saturated rings. The van der Waals surface area contributed by atoms with E-state index < -0.39 is 0 Å². The number of nitrogens with one attached hydrogen (secondary N) is 3. The third kappa shape index (κ3) is 5.71. The molecule has 2 aromatic carbocycles. The highest BCUT2D eigenvalue weighted by atomic mass is 32.1. The van der Waals surface area contributed by atoms with Crippen molar-refractivity contribution in [1.82, 2.24) is 25.3 Å². The first-order valence-corrected chi connectivity index (χ1v) is 13.7. The van der Waals surface area contributed by atoms with Crippen LogP contribution in [-0.4, -0.2) is 52.0 Å². The normalized spacial score (nSPS) is 13.4. The van der Waals surface area contributed by atoms with Crippen molar-refractivity contribution in [3.63, 3.8) is 0 Å². The largest absolute Gasteiger partial charge is 0.354 e. The minimum Gasteiger partial charge on any atom is -0.354 e. The number of aromatic nitrogens is 4. The molecule has 4 heterocycles. The molecule has 39 heavy (non-hydrogen) atoms. The van der Waals surface area contributed by atoms with Crippen LogP contribution in [0.5, 0.6) is 0 Å². The van der Waals surface area contributed by atoms with Gasteiger partial charge in [0.15, 0.2) is 5.13 Å². The van der Waals surface area contributed by atoms with Gasteiger partial charge >= 0.3 is 0 Å². The van der Waals surface area contributed by atoms with Gasteiger partial charge in [0.25, 0.3) is 5.91 Å². The Kier molecular flexibility index (Phi) is 6.87. The molecule has 1 amide bonds. The molecule has 1 aliphatic rings. The summed E-state index contributed by atoms with van der Waals surface area (Å²) in [5.74, 6) is 2.18. The van der Waals surface area contributed by atoms with E-state index in [0.29, 0.717) is 22.3 Å². The van der Waals surface area contributed by atoms with Crippen LogP contribution in [0, 0.1) is 13.8 Å². The second-order valence-electron chi connectivity index (χ2n) is 9.46. The molecule has 0 atom stereocenters. The number of hydrogen-bond acceptors (Lipinski definition) is 9. The molecule has 5 aromatic rings. The Hall–Kier alpha value is -4.41. The number of pyridine rings is 1. The first kappa shape index (κ1) is 24.9. The monoisotopic (exact) mass is 536 g/mol. The summed E-state index contributed by atoms with van der Waals surface area (Å²) in [6.45, 7) is 7.61. The van der Waals surface area contributed by atoms with Gasteiger partial charge in [0.1, 0.15) is 27.8 Å². The summed E-state index contributed by atoms with van der Waals surface area (Å²) in [5, 5.41) is 10.4. The van der Waals surface area contributed by atoms with Gasteiger partial charge in [-0.25, -0.2) is 19.9 Å². The number of carbonyl (C=O) groups is 1. The average molecular weight is 537 g/mol. The lowest BCUT2D eigenvalue weighted by Gasteiger charge is -2.28. The highest BCUT2D eigenvalue weighted by Crippen LogP contribution is 2.30. The minimum atomic E-state index is -0.159. The number of thiazole rings is 1. The smallest absolute Gasteiger partial charge is 0.255 e. The number of hydrogen-bond donors (Lipinski definition) is 3. The number of piperazine rings is 1. The molecule has 196 valence electrons. The number of amides is 1. The highest BCUT2D eigenvalue weighted by molar-refractivity contribution is 7.21. The Morgan fingerprint density at radius 2 is 1.77 bits per heavy atom. The van der Waals surface area contributed by atoms with Gasteiger partial charge < -0.3 is 20.9 Å². The quantitative estimate of drug-likeness (QED) is 0.273. The maximum Gasteiger partial charge on any atom is 0.255 e. The van der Waals surface area contributed by atoms with E-state index in [1.807, 2.05) is 74.5 Å². The number of aryl methyl sites for hydroxylation is 2. The summed E-state index contributed by atoms with van der Waals surface area (Å²) in [5.41, 5.74) is 4.88. The molecular formula is C29H28N8OS. The van der Waals surface area contributed by atoms with Crippen LogP contribution in [0.15, 0.2) is 66.7 Å². The third-order valence-electron chi connectivity index (χ3n) is 6.45. The maximum atomic E-state index is 12.9. The van der Waals surface area contributed by atoms with E-state index in [4.69, 9.17) is 9.97 Å². The van der Waals surface area contributed by atoms with Crippen LogP contribution in [0.1, 0.15) is 21.7 Å².